The molecule has 0 aliphatic rings. The molecule has 0 saturated carbocycles. The van der Waals surface area contributed by atoms with Gasteiger partial charge in [0.15, 0.2) is 0 Å². The van der Waals surface area contributed by atoms with Crippen LogP contribution in [0.2, 0.25) is 5.02 Å². The standard InChI is InChI=1S/C17H22ClNOS/c1-11(2)19-9-15-5-6-16(21-15)10-20-17-12(3)7-14(18)8-13(17)4/h5-8,11,19H,9-10H2,1-4H3. The van der Waals surface area contributed by atoms with Gasteiger partial charge in [0.05, 0.1) is 0 Å². The fourth-order valence-electron chi connectivity index (χ4n) is 2.17. The smallest absolute Gasteiger partial charge is 0.125 e. The van der Waals surface area contributed by atoms with Crippen molar-refractivity contribution in [3.63, 3.8) is 0 Å². The number of rotatable bonds is 6. The van der Waals surface area contributed by atoms with Crippen LogP contribution in [0.4, 0.5) is 0 Å². The second kappa shape index (κ2) is 7.30. The van der Waals surface area contributed by atoms with Gasteiger partial charge in [-0.15, -0.1) is 11.3 Å². The Bertz CT molecular complexity index is 584. The van der Waals surface area contributed by atoms with Gasteiger partial charge in [-0.05, 0) is 49.2 Å². The molecular weight excluding hydrogens is 302 g/mol. The Balaban J connectivity index is 1.97. The number of ether oxygens (including phenoxy) is 1. The van der Waals surface area contributed by atoms with Crippen molar-refractivity contribution in [3.8, 4) is 5.75 Å². The Labute approximate surface area is 136 Å². The van der Waals surface area contributed by atoms with Crippen LogP contribution < -0.4 is 10.1 Å². The second-order valence-corrected chi connectivity index (χ2v) is 7.25. The number of thiophene rings is 1. The van der Waals surface area contributed by atoms with E-state index in [2.05, 4.69) is 31.3 Å². The molecule has 114 valence electrons. The molecule has 1 N–H and O–H groups in total. The van der Waals surface area contributed by atoms with Gasteiger partial charge in [0.25, 0.3) is 0 Å². The van der Waals surface area contributed by atoms with E-state index in [0.717, 1.165) is 28.4 Å². The van der Waals surface area contributed by atoms with E-state index in [-0.39, 0.29) is 0 Å². The summed E-state index contributed by atoms with van der Waals surface area (Å²) in [6, 6.07) is 8.70. The molecule has 2 nitrogen and oxygen atoms in total. The van der Waals surface area contributed by atoms with Gasteiger partial charge in [-0.1, -0.05) is 25.4 Å². The molecule has 0 unspecified atom stereocenters. The Kier molecular flexibility index (Phi) is 5.68. The van der Waals surface area contributed by atoms with Gasteiger partial charge < -0.3 is 10.1 Å². The van der Waals surface area contributed by atoms with Crippen molar-refractivity contribution in [3.05, 3.63) is 50.2 Å². The minimum absolute atomic E-state index is 0.506. The van der Waals surface area contributed by atoms with Crippen molar-refractivity contribution in [1.82, 2.24) is 5.32 Å². The highest BCUT2D eigenvalue weighted by Crippen LogP contribution is 2.28. The van der Waals surface area contributed by atoms with Crippen molar-refractivity contribution >= 4 is 22.9 Å². The van der Waals surface area contributed by atoms with E-state index in [4.69, 9.17) is 16.3 Å². The van der Waals surface area contributed by atoms with Crippen molar-refractivity contribution in [2.45, 2.75) is 46.9 Å². The summed E-state index contributed by atoms with van der Waals surface area (Å²) in [5.41, 5.74) is 2.16. The molecular formula is C17H22ClNOS. The van der Waals surface area contributed by atoms with E-state index in [0.29, 0.717) is 12.6 Å². The van der Waals surface area contributed by atoms with E-state index >= 15 is 0 Å². The molecule has 0 radical (unpaired) electrons. The van der Waals surface area contributed by atoms with E-state index < -0.39 is 0 Å². The average Bonchev–Trinajstić information content (AvgIpc) is 2.83. The van der Waals surface area contributed by atoms with E-state index in [1.54, 1.807) is 11.3 Å². The first kappa shape index (κ1) is 16.3. The lowest BCUT2D eigenvalue weighted by atomic mass is 10.1. The third-order valence-corrected chi connectivity index (χ3v) is 4.46. The predicted octanol–water partition coefficient (Wildman–Crippen LogP) is 5.10. The van der Waals surface area contributed by atoms with Gasteiger partial charge in [0, 0.05) is 27.4 Å². The zero-order chi connectivity index (χ0) is 15.4. The lowest BCUT2D eigenvalue weighted by molar-refractivity contribution is 0.305. The topological polar surface area (TPSA) is 21.3 Å². The summed E-state index contributed by atoms with van der Waals surface area (Å²) in [5, 5.41) is 4.19. The summed E-state index contributed by atoms with van der Waals surface area (Å²) in [5.74, 6) is 0.939. The zero-order valence-electron chi connectivity index (χ0n) is 13.0. The molecule has 4 heteroatoms. The molecule has 2 aromatic rings. The van der Waals surface area contributed by atoms with Crippen LogP contribution in [0.3, 0.4) is 0 Å². The number of aryl methyl sites for hydroxylation is 2. The Morgan fingerprint density at radius 3 is 2.38 bits per heavy atom. The highest BCUT2D eigenvalue weighted by atomic mass is 35.5. The van der Waals surface area contributed by atoms with Gasteiger partial charge in [-0.25, -0.2) is 0 Å². The van der Waals surface area contributed by atoms with E-state index in [1.807, 2.05) is 26.0 Å². The van der Waals surface area contributed by atoms with Crippen molar-refractivity contribution in [2.24, 2.45) is 0 Å². The van der Waals surface area contributed by atoms with E-state index in [1.165, 1.54) is 9.75 Å². The summed E-state index contributed by atoms with van der Waals surface area (Å²) in [4.78, 5) is 2.58. The number of hydrogen-bond acceptors (Lipinski definition) is 3. The normalized spacial score (nSPS) is 11.1. The summed E-state index contributed by atoms with van der Waals surface area (Å²) >= 11 is 7.84. The molecule has 1 heterocycles. The highest BCUT2D eigenvalue weighted by molar-refractivity contribution is 7.11. The van der Waals surface area contributed by atoms with Gasteiger partial charge in [-0.3, -0.25) is 0 Å². The van der Waals surface area contributed by atoms with Gasteiger partial charge in [0.2, 0.25) is 0 Å². The molecule has 21 heavy (non-hydrogen) atoms. The maximum atomic E-state index is 6.04. The van der Waals surface area contributed by atoms with Crippen LogP contribution in [0.1, 0.15) is 34.7 Å². The van der Waals surface area contributed by atoms with E-state index in [9.17, 15) is 0 Å². The second-order valence-electron chi connectivity index (χ2n) is 5.56. The Morgan fingerprint density at radius 1 is 1.14 bits per heavy atom. The molecule has 0 atom stereocenters. The molecule has 2 rings (SSSR count). The Hall–Kier alpha value is -1.03. The third-order valence-electron chi connectivity index (χ3n) is 3.19. The SMILES string of the molecule is Cc1cc(Cl)cc(C)c1OCc1ccc(CNC(C)C)s1. The third kappa shape index (κ3) is 4.73. The zero-order valence-corrected chi connectivity index (χ0v) is 14.6. The van der Waals surface area contributed by atoms with Crippen LogP contribution >= 0.6 is 22.9 Å². The molecule has 0 amide bonds. The lowest BCUT2D eigenvalue weighted by Gasteiger charge is -2.11. The maximum Gasteiger partial charge on any atom is 0.125 e. The minimum atomic E-state index is 0.506. The summed E-state index contributed by atoms with van der Waals surface area (Å²) < 4.78 is 5.98. The van der Waals surface area contributed by atoms with Crippen molar-refractivity contribution in [1.29, 1.82) is 0 Å². The molecule has 0 fully saturated rings. The van der Waals surface area contributed by atoms with Crippen molar-refractivity contribution in [2.75, 3.05) is 0 Å². The largest absolute Gasteiger partial charge is 0.488 e. The molecule has 1 aromatic carbocycles. The average molecular weight is 324 g/mol. The monoisotopic (exact) mass is 323 g/mol. The number of halogens is 1. The number of hydrogen-bond donors (Lipinski definition) is 1. The summed E-state index contributed by atoms with van der Waals surface area (Å²) in [6.45, 7) is 9.89. The molecule has 0 aliphatic heterocycles. The number of nitrogens with one attached hydrogen (secondary N) is 1. The minimum Gasteiger partial charge on any atom is -0.488 e. The fourth-order valence-corrected chi connectivity index (χ4v) is 3.38. The first-order valence-electron chi connectivity index (χ1n) is 7.16. The van der Waals surface area contributed by atoms with Gasteiger partial charge in [0.1, 0.15) is 12.4 Å². The van der Waals surface area contributed by atoms with Crippen LogP contribution in [0.25, 0.3) is 0 Å². The van der Waals surface area contributed by atoms with Crippen LogP contribution in [0.5, 0.6) is 5.75 Å². The van der Waals surface area contributed by atoms with Crippen LogP contribution in [-0.4, -0.2) is 6.04 Å². The van der Waals surface area contributed by atoms with Gasteiger partial charge >= 0.3 is 0 Å². The summed E-state index contributed by atoms with van der Waals surface area (Å²) in [7, 11) is 0. The first-order chi connectivity index (χ1) is 9.95. The quantitative estimate of drug-likeness (QED) is 0.799. The van der Waals surface area contributed by atoms with Crippen LogP contribution in [0, 0.1) is 13.8 Å². The molecule has 0 bridgehead atoms. The van der Waals surface area contributed by atoms with Gasteiger partial charge in [-0.2, -0.15) is 0 Å². The molecule has 0 saturated heterocycles. The maximum absolute atomic E-state index is 6.04. The molecule has 0 spiro atoms. The molecule has 1 aromatic heterocycles. The van der Waals surface area contributed by atoms with Crippen molar-refractivity contribution < 1.29 is 4.74 Å². The lowest BCUT2D eigenvalue weighted by Crippen LogP contribution is -2.21. The molecule has 0 aliphatic carbocycles. The number of benzene rings is 1. The highest BCUT2D eigenvalue weighted by Gasteiger charge is 2.07. The van der Waals surface area contributed by atoms with Crippen LogP contribution in [0.15, 0.2) is 24.3 Å². The summed E-state index contributed by atoms with van der Waals surface area (Å²) in [6.07, 6.45) is 0. The first-order valence-corrected chi connectivity index (χ1v) is 8.35. The predicted molar refractivity (Wildman–Crippen MR) is 91.6 cm³/mol. The fraction of sp³-hybridized carbons (Fsp3) is 0.412. The Morgan fingerprint density at radius 2 is 1.76 bits per heavy atom. The van der Waals surface area contributed by atoms with Crippen LogP contribution in [-0.2, 0) is 13.2 Å².